The summed E-state index contributed by atoms with van der Waals surface area (Å²) in [6.45, 7) is 8.87. The van der Waals surface area contributed by atoms with E-state index in [9.17, 15) is 0 Å². The molecule has 2 unspecified atom stereocenters. The van der Waals surface area contributed by atoms with Crippen LogP contribution in [0, 0.1) is 0 Å². The number of nitrogens with one attached hydrogen (secondary N) is 1. The summed E-state index contributed by atoms with van der Waals surface area (Å²) in [4.78, 5) is 2.51. The minimum atomic E-state index is 0.548. The maximum absolute atomic E-state index is 4.54. The molecule has 1 fully saturated rings. The van der Waals surface area contributed by atoms with E-state index in [0.717, 1.165) is 19.5 Å². The van der Waals surface area contributed by atoms with Gasteiger partial charge in [0.05, 0.1) is 11.4 Å². The Kier molecular flexibility index (Phi) is 3.72. The predicted molar refractivity (Wildman–Crippen MR) is 71.5 cm³/mol. The van der Waals surface area contributed by atoms with E-state index in [1.165, 1.54) is 17.8 Å². The molecule has 0 saturated carbocycles. The monoisotopic (exact) mass is 236 g/mol. The van der Waals surface area contributed by atoms with Crippen LogP contribution in [-0.4, -0.2) is 35.0 Å². The van der Waals surface area contributed by atoms with E-state index in [0.29, 0.717) is 12.1 Å². The summed E-state index contributed by atoms with van der Waals surface area (Å²) in [5.41, 5.74) is 2.54. The van der Waals surface area contributed by atoms with Crippen molar-refractivity contribution in [3.63, 3.8) is 0 Å². The zero-order chi connectivity index (χ0) is 12.4. The first kappa shape index (κ1) is 12.4. The Bertz CT molecular complexity index is 371. The van der Waals surface area contributed by atoms with E-state index in [-0.39, 0.29) is 0 Å². The van der Waals surface area contributed by atoms with E-state index < -0.39 is 0 Å². The second-order valence-electron chi connectivity index (χ2n) is 5.00. The number of anilines is 1. The summed E-state index contributed by atoms with van der Waals surface area (Å²) in [7, 11) is 2.01. The lowest BCUT2D eigenvalue weighted by Crippen LogP contribution is -2.55. The molecule has 0 aliphatic carbocycles. The SMILES string of the molecule is CCc1nn(C)cc1N1CC(CC)NCC1C. The lowest BCUT2D eigenvalue weighted by atomic mass is 10.1. The van der Waals surface area contributed by atoms with Gasteiger partial charge >= 0.3 is 0 Å². The smallest absolute Gasteiger partial charge is 0.0855 e. The van der Waals surface area contributed by atoms with Crippen LogP contribution in [0.25, 0.3) is 0 Å². The number of nitrogens with zero attached hydrogens (tertiary/aromatic N) is 3. The van der Waals surface area contributed by atoms with Crippen LogP contribution in [0.15, 0.2) is 6.20 Å². The molecule has 0 radical (unpaired) electrons. The van der Waals surface area contributed by atoms with Crippen molar-refractivity contribution in [3.05, 3.63) is 11.9 Å². The van der Waals surface area contributed by atoms with Crippen molar-refractivity contribution in [1.82, 2.24) is 15.1 Å². The minimum Gasteiger partial charge on any atom is -0.363 e. The number of aryl methyl sites for hydroxylation is 2. The van der Waals surface area contributed by atoms with Gasteiger partial charge in [0.1, 0.15) is 0 Å². The Morgan fingerprint density at radius 3 is 2.88 bits per heavy atom. The molecule has 17 heavy (non-hydrogen) atoms. The number of hydrogen-bond acceptors (Lipinski definition) is 3. The zero-order valence-electron chi connectivity index (χ0n) is 11.4. The van der Waals surface area contributed by atoms with Gasteiger partial charge in [0, 0.05) is 38.4 Å². The average Bonchev–Trinajstić information content (AvgIpc) is 2.71. The molecule has 1 aliphatic heterocycles. The Hall–Kier alpha value is -1.03. The van der Waals surface area contributed by atoms with Gasteiger partial charge in [-0.25, -0.2) is 0 Å². The molecule has 1 aliphatic rings. The van der Waals surface area contributed by atoms with Crippen molar-refractivity contribution in [2.24, 2.45) is 7.05 Å². The van der Waals surface area contributed by atoms with Gasteiger partial charge in [-0.05, 0) is 19.8 Å². The number of piperazine rings is 1. The van der Waals surface area contributed by atoms with E-state index in [4.69, 9.17) is 0 Å². The molecule has 96 valence electrons. The fraction of sp³-hybridized carbons (Fsp3) is 0.769. The normalized spacial score (nSPS) is 25.3. The van der Waals surface area contributed by atoms with E-state index in [2.05, 4.69) is 42.3 Å². The molecule has 0 amide bonds. The minimum absolute atomic E-state index is 0.548. The first-order valence-electron chi connectivity index (χ1n) is 6.68. The van der Waals surface area contributed by atoms with Crippen LogP contribution >= 0.6 is 0 Å². The molecule has 4 heteroatoms. The molecule has 1 saturated heterocycles. The maximum Gasteiger partial charge on any atom is 0.0855 e. The second kappa shape index (κ2) is 5.08. The van der Waals surface area contributed by atoms with Crippen LogP contribution in [0.4, 0.5) is 5.69 Å². The van der Waals surface area contributed by atoms with Crippen molar-refractivity contribution in [3.8, 4) is 0 Å². The first-order valence-corrected chi connectivity index (χ1v) is 6.68. The highest BCUT2D eigenvalue weighted by Crippen LogP contribution is 2.24. The van der Waals surface area contributed by atoms with Crippen molar-refractivity contribution >= 4 is 5.69 Å². The summed E-state index contributed by atoms with van der Waals surface area (Å²) in [5, 5.41) is 8.14. The van der Waals surface area contributed by atoms with Crippen LogP contribution in [0.3, 0.4) is 0 Å². The molecule has 2 rings (SSSR count). The largest absolute Gasteiger partial charge is 0.363 e. The summed E-state index contributed by atoms with van der Waals surface area (Å²) < 4.78 is 1.93. The highest BCUT2D eigenvalue weighted by molar-refractivity contribution is 5.51. The maximum atomic E-state index is 4.54. The molecule has 2 heterocycles. The van der Waals surface area contributed by atoms with Gasteiger partial charge in [-0.1, -0.05) is 13.8 Å². The van der Waals surface area contributed by atoms with Crippen LogP contribution in [-0.2, 0) is 13.5 Å². The van der Waals surface area contributed by atoms with E-state index in [1.807, 2.05) is 11.7 Å². The van der Waals surface area contributed by atoms with Crippen molar-refractivity contribution < 1.29 is 0 Å². The topological polar surface area (TPSA) is 33.1 Å². The third-order valence-corrected chi connectivity index (χ3v) is 3.67. The highest BCUT2D eigenvalue weighted by atomic mass is 15.3. The summed E-state index contributed by atoms with van der Waals surface area (Å²) in [6.07, 6.45) is 4.35. The Labute approximate surface area is 104 Å². The molecule has 1 N–H and O–H groups in total. The van der Waals surface area contributed by atoms with Gasteiger partial charge in [-0.15, -0.1) is 0 Å². The lowest BCUT2D eigenvalue weighted by molar-refractivity contribution is 0.397. The van der Waals surface area contributed by atoms with Crippen molar-refractivity contribution in [1.29, 1.82) is 0 Å². The van der Waals surface area contributed by atoms with Crippen LogP contribution in [0.2, 0.25) is 0 Å². The molecule has 0 aromatic carbocycles. The molecule has 4 nitrogen and oxygen atoms in total. The molecule has 2 atom stereocenters. The number of aromatic nitrogens is 2. The quantitative estimate of drug-likeness (QED) is 0.864. The summed E-state index contributed by atoms with van der Waals surface area (Å²) in [5.74, 6) is 0. The Balaban J connectivity index is 2.23. The molecule has 0 spiro atoms. The number of hydrogen-bond donors (Lipinski definition) is 1. The Morgan fingerprint density at radius 1 is 1.47 bits per heavy atom. The predicted octanol–water partition coefficient (Wildman–Crippen LogP) is 1.56. The standard InChI is InChI=1S/C13H24N4/c1-5-11-8-17(10(3)7-14-11)13-9-16(4)15-12(13)6-2/h9-11,14H,5-8H2,1-4H3. The van der Waals surface area contributed by atoms with Crippen molar-refractivity contribution in [2.45, 2.75) is 45.7 Å². The molecule has 1 aromatic heterocycles. The molecular formula is C13H24N4. The average molecular weight is 236 g/mol. The summed E-state index contributed by atoms with van der Waals surface area (Å²) in [6, 6.07) is 1.16. The van der Waals surface area contributed by atoms with Gasteiger partial charge < -0.3 is 10.2 Å². The fourth-order valence-electron chi connectivity index (χ4n) is 2.55. The molecule has 0 bridgehead atoms. The van der Waals surface area contributed by atoms with Gasteiger partial charge in [0.15, 0.2) is 0 Å². The van der Waals surface area contributed by atoms with Gasteiger partial charge in [-0.2, -0.15) is 5.10 Å². The van der Waals surface area contributed by atoms with Crippen molar-refractivity contribution in [2.75, 3.05) is 18.0 Å². The third kappa shape index (κ3) is 2.46. The van der Waals surface area contributed by atoms with E-state index >= 15 is 0 Å². The first-order chi connectivity index (χ1) is 8.15. The van der Waals surface area contributed by atoms with Gasteiger partial charge in [0.25, 0.3) is 0 Å². The number of rotatable bonds is 3. The van der Waals surface area contributed by atoms with Crippen LogP contribution in [0.5, 0.6) is 0 Å². The van der Waals surface area contributed by atoms with Crippen LogP contribution < -0.4 is 10.2 Å². The molecular weight excluding hydrogens is 212 g/mol. The van der Waals surface area contributed by atoms with E-state index in [1.54, 1.807) is 0 Å². The highest BCUT2D eigenvalue weighted by Gasteiger charge is 2.26. The van der Waals surface area contributed by atoms with Gasteiger partial charge in [0.2, 0.25) is 0 Å². The van der Waals surface area contributed by atoms with Gasteiger partial charge in [-0.3, -0.25) is 4.68 Å². The fourth-order valence-corrected chi connectivity index (χ4v) is 2.55. The second-order valence-corrected chi connectivity index (χ2v) is 5.00. The molecule has 1 aromatic rings. The third-order valence-electron chi connectivity index (χ3n) is 3.67. The Morgan fingerprint density at radius 2 is 2.24 bits per heavy atom. The zero-order valence-corrected chi connectivity index (χ0v) is 11.4. The summed E-state index contributed by atoms with van der Waals surface area (Å²) >= 11 is 0. The van der Waals surface area contributed by atoms with Crippen LogP contribution in [0.1, 0.15) is 32.9 Å². The lowest BCUT2D eigenvalue weighted by Gasteiger charge is -2.39.